The smallest absolute Gasteiger partial charge is 0.267 e. The molecule has 0 bridgehead atoms. The van der Waals surface area contributed by atoms with Gasteiger partial charge in [0.2, 0.25) is 0 Å². The molecular weight excluding hydrogens is 324 g/mol. The molecule has 0 saturated heterocycles. The molecule has 2 aromatic heterocycles. The second kappa shape index (κ2) is 6.57. The van der Waals surface area contributed by atoms with E-state index >= 15 is 0 Å². The predicted octanol–water partition coefficient (Wildman–Crippen LogP) is 4.72. The summed E-state index contributed by atoms with van der Waals surface area (Å²) in [5, 5.41) is 8.05. The van der Waals surface area contributed by atoms with E-state index in [2.05, 4.69) is 31.3 Å². The van der Waals surface area contributed by atoms with Gasteiger partial charge in [0.1, 0.15) is 0 Å². The average molecular weight is 347 g/mol. The number of fused-ring (bicyclic) bond motifs is 1. The maximum Gasteiger partial charge on any atom is 0.272 e. The number of nitrogens with one attached hydrogen (secondary N) is 1. The Morgan fingerprint density at radius 3 is 2.91 bits per heavy atom. The first-order chi connectivity index (χ1) is 10.9. The van der Waals surface area contributed by atoms with Crippen molar-refractivity contribution in [3.8, 4) is 0 Å². The maximum atomic E-state index is 12.4. The topological polar surface area (TPSA) is 41.5 Å². The fourth-order valence-electron chi connectivity index (χ4n) is 3.02. The van der Waals surface area contributed by atoms with Gasteiger partial charge in [-0.3, -0.25) is 4.79 Å². The van der Waals surface area contributed by atoms with Crippen LogP contribution in [0.15, 0.2) is 28.0 Å². The number of thiophene rings is 2. The summed E-state index contributed by atoms with van der Waals surface area (Å²) in [6.07, 6.45) is 4.94. The monoisotopic (exact) mass is 346 g/mol. The molecule has 0 spiro atoms. The number of rotatable bonds is 3. The minimum absolute atomic E-state index is 0.0930. The third kappa shape index (κ3) is 3.72. The Morgan fingerprint density at radius 1 is 1.39 bits per heavy atom. The summed E-state index contributed by atoms with van der Waals surface area (Å²) < 4.78 is 0. The summed E-state index contributed by atoms with van der Waals surface area (Å²) in [7, 11) is 0. The van der Waals surface area contributed by atoms with Crippen molar-refractivity contribution in [2.45, 2.75) is 40.0 Å². The number of carbonyl (C=O) groups excluding carboxylic acids is 1. The number of amides is 1. The van der Waals surface area contributed by atoms with Gasteiger partial charge >= 0.3 is 0 Å². The Balaban J connectivity index is 1.68. The number of carbonyl (C=O) groups is 1. The zero-order chi connectivity index (χ0) is 16.4. The van der Waals surface area contributed by atoms with Crippen LogP contribution in [-0.4, -0.2) is 12.1 Å². The summed E-state index contributed by atoms with van der Waals surface area (Å²) in [5.74, 6) is 0.603. The molecule has 1 unspecified atom stereocenters. The van der Waals surface area contributed by atoms with Gasteiger partial charge in [0.25, 0.3) is 5.91 Å². The highest BCUT2D eigenvalue weighted by molar-refractivity contribution is 7.11. The Kier molecular flexibility index (Phi) is 4.69. The summed E-state index contributed by atoms with van der Waals surface area (Å²) in [4.78, 5) is 14.8. The van der Waals surface area contributed by atoms with Gasteiger partial charge in [0.05, 0.1) is 11.8 Å². The van der Waals surface area contributed by atoms with Gasteiger partial charge < -0.3 is 0 Å². The SMILES string of the molecule is CC(C)(C)C1CCc2c(C(=O)N/N=C\c3cccs3)csc2C1. The molecular formula is C18H22N2OS2. The van der Waals surface area contributed by atoms with Crippen LogP contribution in [0.4, 0.5) is 0 Å². The van der Waals surface area contributed by atoms with Crippen LogP contribution >= 0.6 is 22.7 Å². The molecule has 0 aliphatic heterocycles. The van der Waals surface area contributed by atoms with E-state index in [-0.39, 0.29) is 5.91 Å². The molecule has 1 aliphatic rings. The molecule has 5 heteroatoms. The molecule has 1 amide bonds. The van der Waals surface area contributed by atoms with Crippen LogP contribution in [0.5, 0.6) is 0 Å². The molecule has 2 aromatic rings. The van der Waals surface area contributed by atoms with Crippen LogP contribution in [-0.2, 0) is 12.8 Å². The van der Waals surface area contributed by atoms with Crippen LogP contribution in [0.25, 0.3) is 0 Å². The molecule has 122 valence electrons. The van der Waals surface area contributed by atoms with E-state index < -0.39 is 0 Å². The van der Waals surface area contributed by atoms with Crippen LogP contribution in [0.1, 0.15) is 52.9 Å². The zero-order valence-electron chi connectivity index (χ0n) is 13.8. The number of nitrogens with zero attached hydrogens (tertiary/aromatic N) is 1. The highest BCUT2D eigenvalue weighted by Gasteiger charge is 2.31. The van der Waals surface area contributed by atoms with Crippen molar-refractivity contribution in [2.75, 3.05) is 0 Å². The van der Waals surface area contributed by atoms with E-state index in [1.54, 1.807) is 28.9 Å². The van der Waals surface area contributed by atoms with E-state index in [0.29, 0.717) is 11.3 Å². The molecule has 1 atom stereocenters. The zero-order valence-corrected chi connectivity index (χ0v) is 15.4. The second-order valence-electron chi connectivity index (χ2n) is 7.07. The Hall–Kier alpha value is -1.46. The first kappa shape index (κ1) is 16.4. The Labute approximate surface area is 145 Å². The van der Waals surface area contributed by atoms with Gasteiger partial charge in [-0.05, 0) is 47.6 Å². The van der Waals surface area contributed by atoms with Crippen LogP contribution < -0.4 is 5.43 Å². The van der Waals surface area contributed by atoms with Crippen LogP contribution in [0, 0.1) is 11.3 Å². The van der Waals surface area contributed by atoms with Crippen molar-refractivity contribution in [3.63, 3.8) is 0 Å². The molecule has 3 nitrogen and oxygen atoms in total. The fourth-order valence-corrected chi connectivity index (χ4v) is 4.77. The number of hydrazone groups is 1. The quantitative estimate of drug-likeness (QED) is 0.634. The second-order valence-corrected chi connectivity index (χ2v) is 9.01. The van der Waals surface area contributed by atoms with Crippen molar-refractivity contribution in [2.24, 2.45) is 16.4 Å². The van der Waals surface area contributed by atoms with Gasteiger partial charge in [-0.15, -0.1) is 22.7 Å². The largest absolute Gasteiger partial charge is 0.272 e. The highest BCUT2D eigenvalue weighted by Crippen LogP contribution is 2.40. The van der Waals surface area contributed by atoms with Gasteiger partial charge in [-0.25, -0.2) is 5.43 Å². The molecule has 0 radical (unpaired) electrons. The van der Waals surface area contributed by atoms with Crippen LogP contribution in [0.2, 0.25) is 0 Å². The van der Waals surface area contributed by atoms with Gasteiger partial charge in [0, 0.05) is 15.1 Å². The van der Waals surface area contributed by atoms with Crippen LogP contribution in [0.3, 0.4) is 0 Å². The molecule has 0 fully saturated rings. The van der Waals surface area contributed by atoms with Crippen molar-refractivity contribution in [3.05, 3.63) is 43.8 Å². The van der Waals surface area contributed by atoms with E-state index in [9.17, 15) is 4.79 Å². The van der Waals surface area contributed by atoms with Crippen molar-refractivity contribution >= 4 is 34.8 Å². The summed E-state index contributed by atoms with van der Waals surface area (Å²) in [6, 6.07) is 3.94. The molecule has 23 heavy (non-hydrogen) atoms. The predicted molar refractivity (Wildman–Crippen MR) is 98.7 cm³/mol. The molecule has 0 saturated carbocycles. The average Bonchev–Trinajstić information content (AvgIpc) is 3.14. The summed E-state index contributed by atoms with van der Waals surface area (Å²) in [6.45, 7) is 6.93. The summed E-state index contributed by atoms with van der Waals surface area (Å²) >= 11 is 3.32. The van der Waals surface area contributed by atoms with Gasteiger partial charge in [-0.2, -0.15) is 5.10 Å². The molecule has 2 heterocycles. The van der Waals surface area contributed by atoms with Crippen molar-refractivity contribution in [1.82, 2.24) is 5.43 Å². The van der Waals surface area contributed by atoms with E-state index in [1.165, 1.54) is 10.4 Å². The standard InChI is InChI=1S/C18H22N2OS2/c1-18(2,3)12-6-7-14-15(11-23-16(14)9-12)17(21)20-19-10-13-5-4-8-22-13/h4-5,8,10-12H,6-7,9H2,1-3H3,(H,20,21)/b19-10-. The highest BCUT2D eigenvalue weighted by atomic mass is 32.1. The Bertz CT molecular complexity index is 708. The lowest BCUT2D eigenvalue weighted by Crippen LogP contribution is -2.27. The van der Waals surface area contributed by atoms with E-state index in [1.807, 2.05) is 22.9 Å². The fraction of sp³-hybridized carbons (Fsp3) is 0.444. The molecule has 0 aromatic carbocycles. The third-order valence-corrected chi connectivity index (χ3v) is 6.38. The Morgan fingerprint density at radius 2 is 2.22 bits per heavy atom. The number of hydrogen-bond acceptors (Lipinski definition) is 4. The van der Waals surface area contributed by atoms with E-state index in [0.717, 1.165) is 29.7 Å². The lowest BCUT2D eigenvalue weighted by molar-refractivity contribution is 0.0954. The first-order valence-corrected chi connectivity index (χ1v) is 9.67. The normalized spacial score (nSPS) is 18.1. The van der Waals surface area contributed by atoms with E-state index in [4.69, 9.17) is 0 Å². The third-order valence-electron chi connectivity index (χ3n) is 4.53. The molecule has 3 rings (SSSR count). The molecule has 1 aliphatic carbocycles. The number of hydrogen-bond donors (Lipinski definition) is 1. The maximum absolute atomic E-state index is 12.4. The summed E-state index contributed by atoms with van der Waals surface area (Å²) in [5.41, 5.74) is 5.03. The van der Waals surface area contributed by atoms with Gasteiger partial charge in [0.15, 0.2) is 0 Å². The lowest BCUT2D eigenvalue weighted by Gasteiger charge is -2.33. The minimum Gasteiger partial charge on any atom is -0.267 e. The van der Waals surface area contributed by atoms with Gasteiger partial charge in [-0.1, -0.05) is 26.8 Å². The molecule has 1 N–H and O–H groups in total. The van der Waals surface area contributed by atoms with Crippen molar-refractivity contribution in [1.29, 1.82) is 0 Å². The van der Waals surface area contributed by atoms with Crippen molar-refractivity contribution < 1.29 is 4.79 Å². The lowest BCUT2D eigenvalue weighted by atomic mass is 9.72. The first-order valence-electron chi connectivity index (χ1n) is 7.91. The minimum atomic E-state index is -0.0930.